The predicted molar refractivity (Wildman–Crippen MR) is 94.8 cm³/mol. The number of fused-ring (bicyclic) bond motifs is 1. The maximum atomic E-state index is 12.8. The molecule has 3 fully saturated rings. The Labute approximate surface area is 165 Å². The van der Waals surface area contributed by atoms with Crippen molar-refractivity contribution >= 4 is 11.9 Å². The van der Waals surface area contributed by atoms with Crippen LogP contribution in [-0.4, -0.2) is 76.5 Å². The van der Waals surface area contributed by atoms with Gasteiger partial charge in [0.1, 0.15) is 6.61 Å². The molecule has 0 saturated carbocycles. The molecule has 3 amide bonds. The van der Waals surface area contributed by atoms with E-state index in [0.717, 1.165) is 12.4 Å². The molecule has 0 radical (unpaired) electrons. The monoisotopic (exact) mass is 415 g/mol. The lowest BCUT2D eigenvalue weighted by Gasteiger charge is -2.43. The molecule has 3 saturated heterocycles. The summed E-state index contributed by atoms with van der Waals surface area (Å²) in [4.78, 5) is 27.9. The van der Waals surface area contributed by atoms with Gasteiger partial charge in [0.25, 0.3) is 0 Å². The minimum atomic E-state index is -4.38. The second-order valence-electron chi connectivity index (χ2n) is 7.92. The molecule has 1 N–H and O–H groups in total. The summed E-state index contributed by atoms with van der Waals surface area (Å²) in [6.45, 7) is 2.62. The van der Waals surface area contributed by atoms with Gasteiger partial charge in [-0.2, -0.15) is 18.3 Å². The van der Waals surface area contributed by atoms with Crippen LogP contribution >= 0.6 is 0 Å². The van der Waals surface area contributed by atoms with Crippen LogP contribution in [0.3, 0.4) is 0 Å². The highest BCUT2D eigenvalue weighted by atomic mass is 19.4. The number of piperidine rings is 2. The number of halogens is 3. The second-order valence-corrected chi connectivity index (χ2v) is 7.92. The summed E-state index contributed by atoms with van der Waals surface area (Å²) in [5.74, 6) is 0.0190. The largest absolute Gasteiger partial charge is 0.419 e. The quantitative estimate of drug-likeness (QED) is 0.790. The van der Waals surface area contributed by atoms with E-state index in [4.69, 9.17) is 4.74 Å². The molecule has 2 atom stereocenters. The van der Waals surface area contributed by atoms with Crippen LogP contribution < -0.4 is 5.32 Å². The molecule has 0 aliphatic carbocycles. The molecule has 8 nitrogen and oxygen atoms in total. The van der Waals surface area contributed by atoms with Crippen LogP contribution in [-0.2, 0) is 22.3 Å². The lowest BCUT2D eigenvalue weighted by molar-refractivity contribution is -0.140. The fourth-order valence-electron chi connectivity index (χ4n) is 4.25. The average molecular weight is 415 g/mol. The third kappa shape index (κ3) is 4.49. The van der Waals surface area contributed by atoms with E-state index in [0.29, 0.717) is 52.0 Å². The zero-order valence-electron chi connectivity index (χ0n) is 15.9. The van der Waals surface area contributed by atoms with Crippen molar-refractivity contribution in [2.75, 3.05) is 32.8 Å². The van der Waals surface area contributed by atoms with E-state index in [2.05, 4.69) is 10.4 Å². The fraction of sp³-hybridized carbons (Fsp3) is 0.722. The lowest BCUT2D eigenvalue weighted by atomic mass is 9.96. The van der Waals surface area contributed by atoms with Gasteiger partial charge in [-0.25, -0.2) is 4.79 Å². The highest BCUT2D eigenvalue weighted by Gasteiger charge is 2.38. The van der Waals surface area contributed by atoms with Gasteiger partial charge in [0.05, 0.1) is 23.9 Å². The number of amides is 3. The third-order valence-corrected chi connectivity index (χ3v) is 5.89. The predicted octanol–water partition coefficient (Wildman–Crippen LogP) is 1.32. The highest BCUT2D eigenvalue weighted by molar-refractivity contribution is 5.79. The van der Waals surface area contributed by atoms with E-state index in [-0.39, 0.29) is 36.6 Å². The zero-order valence-corrected chi connectivity index (χ0v) is 15.9. The summed E-state index contributed by atoms with van der Waals surface area (Å²) in [5, 5.41) is 6.70. The number of ether oxygens (including phenoxy) is 1. The van der Waals surface area contributed by atoms with Crippen molar-refractivity contribution in [2.45, 2.75) is 44.1 Å². The number of likely N-dealkylation sites (tertiary alicyclic amines) is 2. The van der Waals surface area contributed by atoms with Gasteiger partial charge in [-0.3, -0.25) is 9.48 Å². The van der Waals surface area contributed by atoms with E-state index >= 15 is 0 Å². The number of alkyl halides is 3. The van der Waals surface area contributed by atoms with E-state index in [1.165, 1.54) is 4.68 Å². The van der Waals surface area contributed by atoms with E-state index in [9.17, 15) is 22.8 Å². The molecule has 1 aromatic heterocycles. The van der Waals surface area contributed by atoms with Crippen molar-refractivity contribution in [1.29, 1.82) is 0 Å². The Balaban J connectivity index is 1.26. The number of carbonyl (C=O) groups is 2. The molecule has 3 aliphatic heterocycles. The Hall–Kier alpha value is -2.30. The van der Waals surface area contributed by atoms with Crippen LogP contribution in [0.15, 0.2) is 12.4 Å². The van der Waals surface area contributed by atoms with Crippen LogP contribution in [0.2, 0.25) is 0 Å². The van der Waals surface area contributed by atoms with Gasteiger partial charge in [0, 0.05) is 38.9 Å². The second kappa shape index (κ2) is 7.85. The SMILES string of the molecule is O=C1CO[C@@H]2CCN(C(=O)N3CCC(Cn4cc(C(F)(F)F)cn4)CC3)C[C@@H]2N1. The number of hydrogen-bond donors (Lipinski definition) is 1. The third-order valence-electron chi connectivity index (χ3n) is 5.89. The number of urea groups is 1. The molecule has 0 unspecified atom stereocenters. The normalized spacial score (nSPS) is 26.2. The lowest BCUT2D eigenvalue weighted by Crippen LogP contribution is -2.62. The average Bonchev–Trinajstić information content (AvgIpc) is 3.16. The molecule has 0 bridgehead atoms. The number of carbonyl (C=O) groups excluding carboxylic acids is 2. The maximum absolute atomic E-state index is 12.8. The first-order chi connectivity index (χ1) is 13.8. The summed E-state index contributed by atoms with van der Waals surface area (Å²) in [6.07, 6.45) is -0.436. The van der Waals surface area contributed by atoms with Gasteiger partial charge < -0.3 is 19.9 Å². The van der Waals surface area contributed by atoms with Gasteiger partial charge in [0.2, 0.25) is 5.91 Å². The first kappa shape index (κ1) is 20.0. The Morgan fingerprint density at radius 2 is 1.93 bits per heavy atom. The molecule has 1 aromatic rings. The number of hydrogen-bond acceptors (Lipinski definition) is 4. The Morgan fingerprint density at radius 1 is 1.21 bits per heavy atom. The standard InChI is InChI=1S/C18H24F3N5O3/c19-18(20,21)13-7-22-26(9-13)8-12-1-4-24(5-2-12)17(28)25-6-3-15-14(10-25)23-16(27)11-29-15/h7,9,12,14-15H,1-6,8,10-11H2,(H,23,27)/t14-,15+/m0/s1. The van der Waals surface area contributed by atoms with Gasteiger partial charge in [-0.05, 0) is 25.2 Å². The number of aromatic nitrogens is 2. The van der Waals surface area contributed by atoms with Crippen molar-refractivity contribution in [3.05, 3.63) is 18.0 Å². The molecule has 4 heterocycles. The summed E-state index contributed by atoms with van der Waals surface area (Å²) < 4.78 is 44.9. The van der Waals surface area contributed by atoms with Crippen LogP contribution in [0, 0.1) is 5.92 Å². The van der Waals surface area contributed by atoms with E-state index in [1.54, 1.807) is 9.80 Å². The van der Waals surface area contributed by atoms with Crippen molar-refractivity contribution in [1.82, 2.24) is 24.9 Å². The van der Waals surface area contributed by atoms with E-state index < -0.39 is 11.7 Å². The molecule has 3 aliphatic rings. The van der Waals surface area contributed by atoms with Crippen molar-refractivity contribution in [3.8, 4) is 0 Å². The molecule has 160 valence electrons. The summed E-state index contributed by atoms with van der Waals surface area (Å²) in [6, 6.07) is -0.227. The van der Waals surface area contributed by atoms with Crippen LogP contribution in [0.4, 0.5) is 18.0 Å². The Morgan fingerprint density at radius 3 is 2.62 bits per heavy atom. The molecule has 11 heteroatoms. The van der Waals surface area contributed by atoms with Crippen LogP contribution in [0.5, 0.6) is 0 Å². The minimum absolute atomic E-state index is 0.0434. The van der Waals surface area contributed by atoms with Crippen LogP contribution in [0.25, 0.3) is 0 Å². The van der Waals surface area contributed by atoms with E-state index in [1.807, 2.05) is 0 Å². The molecular formula is C18H24F3N5O3. The van der Waals surface area contributed by atoms with Crippen molar-refractivity contribution in [2.24, 2.45) is 5.92 Å². The summed E-state index contributed by atoms with van der Waals surface area (Å²) in [7, 11) is 0. The minimum Gasteiger partial charge on any atom is -0.366 e. The fourth-order valence-corrected chi connectivity index (χ4v) is 4.25. The Kier molecular flexibility index (Phi) is 5.41. The molecule has 0 spiro atoms. The highest BCUT2D eigenvalue weighted by Crippen LogP contribution is 2.29. The van der Waals surface area contributed by atoms with Gasteiger partial charge in [-0.1, -0.05) is 0 Å². The Bertz CT molecular complexity index is 760. The zero-order chi connectivity index (χ0) is 20.6. The summed E-state index contributed by atoms with van der Waals surface area (Å²) in [5.41, 5.74) is -0.743. The molecule has 4 rings (SSSR count). The molecule has 29 heavy (non-hydrogen) atoms. The maximum Gasteiger partial charge on any atom is 0.419 e. The first-order valence-electron chi connectivity index (χ1n) is 9.84. The van der Waals surface area contributed by atoms with Crippen LogP contribution in [0.1, 0.15) is 24.8 Å². The molecule has 0 aromatic carbocycles. The number of nitrogens with zero attached hydrogens (tertiary/aromatic N) is 4. The van der Waals surface area contributed by atoms with Crippen molar-refractivity contribution in [3.63, 3.8) is 0 Å². The number of morpholine rings is 1. The topological polar surface area (TPSA) is 79.7 Å². The number of rotatable bonds is 2. The van der Waals surface area contributed by atoms with Gasteiger partial charge >= 0.3 is 12.2 Å². The van der Waals surface area contributed by atoms with Gasteiger partial charge in [0.15, 0.2) is 0 Å². The van der Waals surface area contributed by atoms with Gasteiger partial charge in [-0.15, -0.1) is 0 Å². The number of nitrogens with one attached hydrogen (secondary N) is 1. The smallest absolute Gasteiger partial charge is 0.366 e. The van der Waals surface area contributed by atoms with Crippen molar-refractivity contribution < 1.29 is 27.5 Å². The summed E-state index contributed by atoms with van der Waals surface area (Å²) >= 11 is 0. The first-order valence-corrected chi connectivity index (χ1v) is 9.84. The molecular weight excluding hydrogens is 391 g/mol.